The topological polar surface area (TPSA) is 103 Å². The van der Waals surface area contributed by atoms with Crippen molar-refractivity contribution in [3.8, 4) is 11.5 Å². The van der Waals surface area contributed by atoms with E-state index in [9.17, 15) is 9.59 Å². The lowest BCUT2D eigenvalue weighted by Gasteiger charge is -2.12. The first kappa shape index (κ1) is 23.2. The molecule has 3 aromatic rings. The Labute approximate surface area is 200 Å². The summed E-state index contributed by atoms with van der Waals surface area (Å²) in [5, 5.41) is 13.7. The third kappa shape index (κ3) is 5.42. The Morgan fingerprint density at radius 3 is 2.81 bits per heavy atom. The molecule has 0 bridgehead atoms. The molecule has 0 saturated carbocycles. The number of rotatable bonds is 8. The number of carboxylic acids is 1. The Bertz CT molecular complexity index is 1230. The van der Waals surface area contributed by atoms with Gasteiger partial charge in [0.05, 0.1) is 27.8 Å². The van der Waals surface area contributed by atoms with Crippen LogP contribution in [0.5, 0.6) is 11.5 Å². The summed E-state index contributed by atoms with van der Waals surface area (Å²) in [5.41, 5.74) is 1.03. The standard InChI is InChI=1S/C21H19BrIN3O5/c1-3-4-18-25-16-6-5-13(22)9-14(16)21(29)26(18)24-10-12-7-15(23)20(17(8-12)30-2)31-11-19(27)28/h5-10H,3-4,11H2,1-2H3,(H,27,28). The number of methoxy groups -OCH3 is 1. The highest BCUT2D eigenvalue weighted by atomic mass is 127. The number of nitrogens with zero attached hydrogens (tertiary/aromatic N) is 3. The molecule has 0 aliphatic rings. The molecule has 10 heteroatoms. The summed E-state index contributed by atoms with van der Waals surface area (Å²) >= 11 is 5.42. The van der Waals surface area contributed by atoms with E-state index in [0.29, 0.717) is 43.8 Å². The number of ether oxygens (including phenoxy) is 2. The molecule has 8 nitrogen and oxygen atoms in total. The van der Waals surface area contributed by atoms with Gasteiger partial charge in [0.25, 0.3) is 5.56 Å². The van der Waals surface area contributed by atoms with Crippen molar-refractivity contribution in [1.82, 2.24) is 9.66 Å². The lowest BCUT2D eigenvalue weighted by Crippen LogP contribution is -2.22. The fraction of sp³-hybridized carbons (Fsp3) is 0.238. The molecule has 0 aliphatic carbocycles. The molecular weight excluding hydrogens is 581 g/mol. The largest absolute Gasteiger partial charge is 0.493 e. The van der Waals surface area contributed by atoms with Crippen molar-refractivity contribution < 1.29 is 19.4 Å². The number of carbonyl (C=O) groups is 1. The Morgan fingerprint density at radius 2 is 2.13 bits per heavy atom. The summed E-state index contributed by atoms with van der Waals surface area (Å²) in [4.78, 5) is 28.5. The Hall–Kier alpha value is -2.47. The smallest absolute Gasteiger partial charge is 0.341 e. The van der Waals surface area contributed by atoms with Crippen LogP contribution in [0.2, 0.25) is 0 Å². The van der Waals surface area contributed by atoms with Crippen LogP contribution in [-0.4, -0.2) is 40.7 Å². The van der Waals surface area contributed by atoms with Gasteiger partial charge in [0, 0.05) is 10.9 Å². The number of benzene rings is 2. The fourth-order valence-electron chi connectivity index (χ4n) is 2.91. The number of aliphatic carboxylic acids is 1. The first-order valence-electron chi connectivity index (χ1n) is 9.31. The number of carboxylic acid groups (broad SMARTS) is 1. The fourth-order valence-corrected chi connectivity index (χ4v) is 4.05. The molecule has 3 rings (SSSR count). The molecule has 0 spiro atoms. The summed E-state index contributed by atoms with van der Waals surface area (Å²) in [6, 6.07) is 8.81. The lowest BCUT2D eigenvalue weighted by atomic mass is 10.2. The first-order valence-corrected chi connectivity index (χ1v) is 11.2. The van der Waals surface area contributed by atoms with E-state index in [1.54, 1.807) is 24.3 Å². The van der Waals surface area contributed by atoms with E-state index in [4.69, 9.17) is 14.6 Å². The van der Waals surface area contributed by atoms with Crippen LogP contribution in [0.4, 0.5) is 0 Å². The van der Waals surface area contributed by atoms with Crippen LogP contribution in [0.1, 0.15) is 24.7 Å². The number of aryl methyl sites for hydroxylation is 1. The summed E-state index contributed by atoms with van der Waals surface area (Å²) < 4.78 is 13.4. The molecule has 31 heavy (non-hydrogen) atoms. The normalized spacial score (nSPS) is 11.2. The van der Waals surface area contributed by atoms with E-state index in [1.165, 1.54) is 18.0 Å². The van der Waals surface area contributed by atoms with Gasteiger partial charge in [-0.3, -0.25) is 4.79 Å². The number of halogens is 2. The number of fused-ring (bicyclic) bond motifs is 1. The van der Waals surface area contributed by atoms with Gasteiger partial charge < -0.3 is 14.6 Å². The van der Waals surface area contributed by atoms with Crippen molar-refractivity contribution in [3.63, 3.8) is 0 Å². The van der Waals surface area contributed by atoms with Crippen LogP contribution in [0.15, 0.2) is 44.7 Å². The van der Waals surface area contributed by atoms with Gasteiger partial charge in [0.1, 0.15) is 5.82 Å². The molecule has 0 radical (unpaired) electrons. The zero-order valence-corrected chi connectivity index (χ0v) is 20.5. The summed E-state index contributed by atoms with van der Waals surface area (Å²) in [5.74, 6) is 0.198. The molecule has 0 aliphatic heterocycles. The van der Waals surface area contributed by atoms with Crippen molar-refractivity contribution in [2.24, 2.45) is 5.10 Å². The summed E-state index contributed by atoms with van der Waals surface area (Å²) in [6.07, 6.45) is 2.95. The highest BCUT2D eigenvalue weighted by molar-refractivity contribution is 14.1. The highest BCUT2D eigenvalue weighted by Crippen LogP contribution is 2.33. The Balaban J connectivity index is 2.05. The van der Waals surface area contributed by atoms with Crippen LogP contribution in [-0.2, 0) is 11.2 Å². The zero-order valence-electron chi connectivity index (χ0n) is 16.8. The average molecular weight is 600 g/mol. The highest BCUT2D eigenvalue weighted by Gasteiger charge is 2.14. The predicted octanol–water partition coefficient (Wildman–Crippen LogP) is 4.07. The number of hydrogen-bond acceptors (Lipinski definition) is 6. The second-order valence-electron chi connectivity index (χ2n) is 6.52. The minimum atomic E-state index is -1.08. The van der Waals surface area contributed by atoms with Gasteiger partial charge in [-0.2, -0.15) is 9.78 Å². The van der Waals surface area contributed by atoms with E-state index >= 15 is 0 Å². The van der Waals surface area contributed by atoms with Crippen LogP contribution in [0.3, 0.4) is 0 Å². The maximum Gasteiger partial charge on any atom is 0.341 e. The molecule has 0 atom stereocenters. The van der Waals surface area contributed by atoms with Gasteiger partial charge in [-0.25, -0.2) is 9.78 Å². The molecule has 162 valence electrons. The van der Waals surface area contributed by atoms with E-state index < -0.39 is 12.6 Å². The Kier molecular flexibility index (Phi) is 7.65. The lowest BCUT2D eigenvalue weighted by molar-refractivity contribution is -0.139. The van der Waals surface area contributed by atoms with Crippen molar-refractivity contribution in [2.75, 3.05) is 13.7 Å². The van der Waals surface area contributed by atoms with Crippen molar-refractivity contribution in [2.45, 2.75) is 19.8 Å². The molecule has 1 aromatic heterocycles. The minimum Gasteiger partial charge on any atom is -0.493 e. The molecule has 0 unspecified atom stereocenters. The maximum atomic E-state index is 13.1. The molecule has 1 N–H and O–H groups in total. The van der Waals surface area contributed by atoms with Gasteiger partial charge in [-0.1, -0.05) is 22.9 Å². The van der Waals surface area contributed by atoms with Crippen molar-refractivity contribution in [3.05, 3.63) is 60.1 Å². The average Bonchev–Trinajstić information content (AvgIpc) is 2.73. The second kappa shape index (κ2) is 10.2. The second-order valence-corrected chi connectivity index (χ2v) is 8.60. The quantitative estimate of drug-likeness (QED) is 0.309. The zero-order chi connectivity index (χ0) is 22.5. The van der Waals surface area contributed by atoms with Crippen molar-refractivity contribution in [1.29, 1.82) is 0 Å². The molecule has 0 saturated heterocycles. The SMILES string of the molecule is CCCc1nc2ccc(Br)cc2c(=O)n1N=Cc1cc(I)c(OCC(=O)O)c(OC)c1. The molecule has 1 heterocycles. The predicted molar refractivity (Wildman–Crippen MR) is 130 cm³/mol. The van der Waals surface area contributed by atoms with Gasteiger partial charge >= 0.3 is 5.97 Å². The number of hydrogen-bond donors (Lipinski definition) is 1. The van der Waals surface area contributed by atoms with E-state index in [2.05, 4.69) is 26.0 Å². The monoisotopic (exact) mass is 599 g/mol. The third-order valence-corrected chi connectivity index (χ3v) is 5.56. The molecule has 0 amide bonds. The van der Waals surface area contributed by atoms with Gasteiger partial charge in [-0.15, -0.1) is 0 Å². The van der Waals surface area contributed by atoms with E-state index in [-0.39, 0.29) is 5.56 Å². The van der Waals surface area contributed by atoms with Crippen molar-refractivity contribution >= 4 is 61.6 Å². The summed E-state index contributed by atoms with van der Waals surface area (Å²) in [6.45, 7) is 1.53. The van der Waals surface area contributed by atoms with Crippen LogP contribution in [0, 0.1) is 3.57 Å². The molecular formula is C21H19BrIN3O5. The molecule has 2 aromatic carbocycles. The van der Waals surface area contributed by atoms with Crippen LogP contribution >= 0.6 is 38.5 Å². The van der Waals surface area contributed by atoms with Crippen LogP contribution in [0.25, 0.3) is 10.9 Å². The third-order valence-electron chi connectivity index (χ3n) is 4.26. The first-order chi connectivity index (χ1) is 14.8. The minimum absolute atomic E-state index is 0.255. The maximum absolute atomic E-state index is 13.1. The van der Waals surface area contributed by atoms with Gasteiger partial charge in [0.15, 0.2) is 18.1 Å². The van der Waals surface area contributed by atoms with Crippen LogP contribution < -0.4 is 15.0 Å². The number of aromatic nitrogens is 2. The van der Waals surface area contributed by atoms with E-state index in [0.717, 1.165) is 10.9 Å². The molecule has 0 fully saturated rings. The van der Waals surface area contributed by atoms with E-state index in [1.807, 2.05) is 35.6 Å². The summed E-state index contributed by atoms with van der Waals surface area (Å²) in [7, 11) is 1.47. The Morgan fingerprint density at radius 1 is 1.35 bits per heavy atom. The van der Waals surface area contributed by atoms with Gasteiger partial charge in [-0.05, 0) is 64.9 Å². The van der Waals surface area contributed by atoms with Gasteiger partial charge in [0.2, 0.25) is 0 Å².